The first-order valence-corrected chi connectivity index (χ1v) is 8.40. The maximum atomic E-state index is 11.4. The highest BCUT2D eigenvalue weighted by Crippen LogP contribution is 2.16. The lowest BCUT2D eigenvalue weighted by molar-refractivity contribution is -0.174. The molecule has 1 unspecified atom stereocenters. The van der Waals surface area contributed by atoms with Gasteiger partial charge in [0.25, 0.3) is 0 Å². The van der Waals surface area contributed by atoms with Gasteiger partial charge < -0.3 is 24.3 Å². The second-order valence-corrected chi connectivity index (χ2v) is 5.84. The third-order valence-electron chi connectivity index (χ3n) is 3.18. The van der Waals surface area contributed by atoms with Crippen molar-refractivity contribution in [2.75, 3.05) is 13.2 Å². The fourth-order valence-electron chi connectivity index (χ4n) is 2.21. The van der Waals surface area contributed by atoms with E-state index in [4.69, 9.17) is 18.9 Å². The Labute approximate surface area is 157 Å². The van der Waals surface area contributed by atoms with Crippen LogP contribution in [-0.2, 0) is 42.9 Å². The van der Waals surface area contributed by atoms with Crippen molar-refractivity contribution >= 4 is 29.8 Å². The van der Waals surface area contributed by atoms with Crippen LogP contribution in [0.25, 0.3) is 0 Å². The third-order valence-corrected chi connectivity index (χ3v) is 3.18. The van der Waals surface area contributed by atoms with Crippen molar-refractivity contribution in [1.29, 1.82) is 0 Å². The molecule has 0 bridgehead atoms. The quantitative estimate of drug-likeness (QED) is 0.390. The van der Waals surface area contributed by atoms with Crippen LogP contribution >= 0.6 is 0 Å². The maximum absolute atomic E-state index is 11.4. The van der Waals surface area contributed by atoms with Crippen molar-refractivity contribution in [1.82, 2.24) is 5.32 Å². The van der Waals surface area contributed by atoms with E-state index < -0.39 is 42.2 Å². The summed E-state index contributed by atoms with van der Waals surface area (Å²) in [5, 5.41) is 2.54. The van der Waals surface area contributed by atoms with Crippen molar-refractivity contribution in [3.05, 3.63) is 0 Å². The third kappa shape index (κ3) is 13.2. The number of carbonyl (C=O) groups is 5. The van der Waals surface area contributed by atoms with Crippen LogP contribution in [0.2, 0.25) is 0 Å². The molecule has 10 nitrogen and oxygen atoms in total. The van der Waals surface area contributed by atoms with E-state index in [9.17, 15) is 24.0 Å². The molecule has 0 aromatic rings. The van der Waals surface area contributed by atoms with Gasteiger partial charge in [-0.25, -0.2) is 0 Å². The zero-order valence-corrected chi connectivity index (χ0v) is 16.2. The first-order chi connectivity index (χ1) is 12.5. The van der Waals surface area contributed by atoms with Crippen LogP contribution in [-0.4, -0.2) is 61.2 Å². The number of esters is 4. The molecule has 0 heterocycles. The largest absolute Gasteiger partial charge is 0.462 e. The van der Waals surface area contributed by atoms with Crippen molar-refractivity contribution in [2.45, 2.75) is 65.8 Å². The fourth-order valence-corrected chi connectivity index (χ4v) is 2.21. The van der Waals surface area contributed by atoms with E-state index in [-0.39, 0.29) is 31.9 Å². The van der Waals surface area contributed by atoms with E-state index in [1.54, 1.807) is 0 Å². The van der Waals surface area contributed by atoms with Crippen LogP contribution < -0.4 is 5.32 Å². The molecule has 0 aliphatic heterocycles. The van der Waals surface area contributed by atoms with Gasteiger partial charge in [-0.3, -0.25) is 24.0 Å². The van der Waals surface area contributed by atoms with Crippen LogP contribution in [0.15, 0.2) is 0 Å². The summed E-state index contributed by atoms with van der Waals surface area (Å²) in [6.07, 6.45) is -2.28. The topological polar surface area (TPSA) is 134 Å². The number of hydrogen-bond donors (Lipinski definition) is 1. The van der Waals surface area contributed by atoms with Crippen molar-refractivity contribution < 1.29 is 42.9 Å². The zero-order valence-electron chi connectivity index (χ0n) is 16.2. The highest BCUT2D eigenvalue weighted by atomic mass is 16.6. The normalized spacial score (nSPS) is 13.5. The van der Waals surface area contributed by atoms with E-state index in [2.05, 4.69) is 5.32 Å². The Morgan fingerprint density at radius 1 is 0.704 bits per heavy atom. The molecule has 0 spiro atoms. The minimum Gasteiger partial charge on any atom is -0.462 e. The van der Waals surface area contributed by atoms with Gasteiger partial charge >= 0.3 is 23.9 Å². The molecule has 0 aliphatic rings. The molecule has 27 heavy (non-hydrogen) atoms. The van der Waals surface area contributed by atoms with E-state index in [0.29, 0.717) is 0 Å². The molecule has 0 fully saturated rings. The van der Waals surface area contributed by atoms with Gasteiger partial charge in [-0.1, -0.05) is 0 Å². The van der Waals surface area contributed by atoms with Crippen molar-refractivity contribution in [2.24, 2.45) is 0 Å². The molecule has 0 aromatic heterocycles. The van der Waals surface area contributed by atoms with Gasteiger partial charge in [-0.05, 0) is 12.8 Å². The van der Waals surface area contributed by atoms with Crippen LogP contribution in [0.4, 0.5) is 0 Å². The van der Waals surface area contributed by atoms with Gasteiger partial charge in [0.2, 0.25) is 5.91 Å². The van der Waals surface area contributed by atoms with Gasteiger partial charge in [0.1, 0.15) is 18.8 Å². The Morgan fingerprint density at radius 3 is 1.67 bits per heavy atom. The highest BCUT2D eigenvalue weighted by molar-refractivity contribution is 5.73. The number of nitrogens with one attached hydrogen (secondary N) is 1. The molecule has 1 amide bonds. The Kier molecular flexibility index (Phi) is 11.4. The molecule has 1 N–H and O–H groups in total. The Hall–Kier alpha value is -2.65. The summed E-state index contributed by atoms with van der Waals surface area (Å²) in [5.74, 6) is -2.68. The van der Waals surface area contributed by atoms with Crippen molar-refractivity contribution in [3.63, 3.8) is 0 Å². The van der Waals surface area contributed by atoms with Gasteiger partial charge in [-0.15, -0.1) is 0 Å². The zero-order chi connectivity index (χ0) is 21.0. The second kappa shape index (κ2) is 12.7. The maximum Gasteiger partial charge on any atom is 0.303 e. The molecular formula is C17H27NO9. The lowest BCUT2D eigenvalue weighted by atomic mass is 10.0. The molecule has 10 heteroatoms. The summed E-state index contributed by atoms with van der Waals surface area (Å²) >= 11 is 0. The smallest absolute Gasteiger partial charge is 0.303 e. The average molecular weight is 389 g/mol. The number of ether oxygens (including phenoxy) is 4. The first kappa shape index (κ1) is 24.4. The molecule has 3 atom stereocenters. The average Bonchev–Trinajstić information content (AvgIpc) is 2.51. The fraction of sp³-hybridized carbons (Fsp3) is 0.706. The molecule has 154 valence electrons. The number of carbonyl (C=O) groups excluding carboxylic acids is 5. The van der Waals surface area contributed by atoms with E-state index in [0.717, 1.165) is 0 Å². The molecule has 0 radical (unpaired) electrons. The van der Waals surface area contributed by atoms with Crippen LogP contribution in [0.3, 0.4) is 0 Å². The lowest BCUT2D eigenvalue weighted by Crippen LogP contribution is -2.40. The molecule has 0 rings (SSSR count). The highest BCUT2D eigenvalue weighted by Gasteiger charge is 2.30. The monoisotopic (exact) mass is 389 g/mol. The molecule has 0 saturated carbocycles. The number of hydrogen-bond acceptors (Lipinski definition) is 9. The predicted molar refractivity (Wildman–Crippen MR) is 91.2 cm³/mol. The summed E-state index contributed by atoms with van der Waals surface area (Å²) in [5.41, 5.74) is 0. The minimum atomic E-state index is -1.02. The van der Waals surface area contributed by atoms with Crippen LogP contribution in [0.5, 0.6) is 0 Å². The SMILES string of the molecule is CC(=O)NCC(CC[C@H](OC(C)=O)[C@@H](COC(C)=O)OC(C)=O)OC(C)=O. The van der Waals surface area contributed by atoms with Gasteiger partial charge in [0.05, 0.1) is 6.54 Å². The van der Waals surface area contributed by atoms with Crippen LogP contribution in [0.1, 0.15) is 47.5 Å². The van der Waals surface area contributed by atoms with Gasteiger partial charge in [0, 0.05) is 34.6 Å². The Balaban J connectivity index is 5.14. The first-order valence-electron chi connectivity index (χ1n) is 8.40. The summed E-state index contributed by atoms with van der Waals surface area (Å²) in [6, 6.07) is 0. The number of rotatable bonds is 11. The minimum absolute atomic E-state index is 0.0733. The van der Waals surface area contributed by atoms with Gasteiger partial charge in [0.15, 0.2) is 6.10 Å². The summed E-state index contributed by atoms with van der Waals surface area (Å²) < 4.78 is 20.3. The summed E-state index contributed by atoms with van der Waals surface area (Å²) in [7, 11) is 0. The van der Waals surface area contributed by atoms with Crippen molar-refractivity contribution in [3.8, 4) is 0 Å². The van der Waals surface area contributed by atoms with Crippen LogP contribution in [0, 0.1) is 0 Å². The van der Waals surface area contributed by atoms with Gasteiger partial charge in [-0.2, -0.15) is 0 Å². The molecular weight excluding hydrogens is 362 g/mol. The lowest BCUT2D eigenvalue weighted by Gasteiger charge is -2.27. The Morgan fingerprint density at radius 2 is 1.22 bits per heavy atom. The van der Waals surface area contributed by atoms with E-state index >= 15 is 0 Å². The summed E-state index contributed by atoms with van der Waals surface area (Å²) in [4.78, 5) is 56.1. The predicted octanol–water partition coefficient (Wildman–Crippen LogP) is 0.261. The standard InChI is InChI=1S/C17H27NO9/c1-10(19)18-8-15(25-12(3)21)6-7-16(26-13(4)22)17(27-14(5)23)9-24-11(2)20/h15-17H,6-9H2,1-5H3,(H,18,19)/t15?,16-,17+/m0/s1. The van der Waals surface area contributed by atoms with E-state index in [1.807, 2.05) is 0 Å². The molecule has 0 aliphatic carbocycles. The summed E-state index contributed by atoms with van der Waals surface area (Å²) in [6.45, 7) is 5.88. The second-order valence-electron chi connectivity index (χ2n) is 5.84. The van der Waals surface area contributed by atoms with E-state index in [1.165, 1.54) is 34.6 Å². The Bertz CT molecular complexity index is 547. The molecule has 0 saturated heterocycles. The number of amides is 1. The molecule has 0 aromatic carbocycles.